The molecule has 3 nitrogen and oxygen atoms in total. The Kier molecular flexibility index (Phi) is 3.53. The third-order valence-electron chi connectivity index (χ3n) is 2.38. The minimum Gasteiger partial charge on any atom is -0.352 e. The highest BCUT2D eigenvalue weighted by Gasteiger charge is 2.25. The molecule has 1 saturated heterocycles. The first kappa shape index (κ1) is 11.5. The number of carbonyl (C=O) groups excluding carboxylic acids is 1. The van der Waals surface area contributed by atoms with E-state index in [4.69, 9.17) is 0 Å². The summed E-state index contributed by atoms with van der Waals surface area (Å²) in [5.74, 6) is 0.0904. The molecular formula is C11H22N2O. The van der Waals surface area contributed by atoms with E-state index in [0.29, 0.717) is 11.5 Å². The highest BCUT2D eigenvalue weighted by atomic mass is 16.1. The molecule has 1 amide bonds. The normalized spacial score (nSPS) is 23.9. The molecule has 0 aromatic carbocycles. The molecule has 0 bridgehead atoms. The van der Waals surface area contributed by atoms with Crippen molar-refractivity contribution >= 4 is 5.91 Å². The Labute approximate surface area is 86.9 Å². The molecule has 0 unspecified atom stereocenters. The SMILES string of the molecule is CC(=O)N[C@@H]1CCN(CC(C)(C)C)C1. The lowest BCUT2D eigenvalue weighted by atomic mass is 9.96. The van der Waals surface area contributed by atoms with Crippen LogP contribution in [-0.4, -0.2) is 36.5 Å². The minimum atomic E-state index is 0.0904. The molecule has 1 aliphatic rings. The van der Waals surface area contributed by atoms with Crippen molar-refractivity contribution < 1.29 is 4.79 Å². The molecule has 0 saturated carbocycles. The van der Waals surface area contributed by atoms with Crippen LogP contribution in [0.4, 0.5) is 0 Å². The lowest BCUT2D eigenvalue weighted by Crippen LogP contribution is -2.37. The maximum Gasteiger partial charge on any atom is 0.217 e. The quantitative estimate of drug-likeness (QED) is 0.724. The molecule has 82 valence electrons. The maximum absolute atomic E-state index is 10.9. The van der Waals surface area contributed by atoms with Crippen molar-refractivity contribution in [1.82, 2.24) is 10.2 Å². The molecule has 1 atom stereocenters. The molecule has 1 rings (SSSR count). The molecule has 3 heteroatoms. The van der Waals surface area contributed by atoms with E-state index in [2.05, 4.69) is 31.0 Å². The van der Waals surface area contributed by atoms with Crippen LogP contribution in [-0.2, 0) is 4.79 Å². The Morgan fingerprint density at radius 1 is 1.50 bits per heavy atom. The Morgan fingerprint density at radius 3 is 2.64 bits per heavy atom. The van der Waals surface area contributed by atoms with Crippen LogP contribution in [0.25, 0.3) is 0 Å². The molecule has 0 aliphatic carbocycles. The molecule has 0 radical (unpaired) electrons. The molecule has 0 spiro atoms. The molecule has 1 fully saturated rings. The number of rotatable bonds is 2. The van der Waals surface area contributed by atoms with Gasteiger partial charge in [-0.1, -0.05) is 20.8 Å². The monoisotopic (exact) mass is 198 g/mol. The zero-order valence-corrected chi connectivity index (χ0v) is 9.76. The third-order valence-corrected chi connectivity index (χ3v) is 2.38. The number of likely N-dealkylation sites (tertiary alicyclic amines) is 1. The largest absolute Gasteiger partial charge is 0.352 e. The third kappa shape index (κ3) is 4.09. The topological polar surface area (TPSA) is 32.3 Å². The van der Waals surface area contributed by atoms with Crippen LogP contribution in [0.5, 0.6) is 0 Å². The second-order valence-corrected chi connectivity index (χ2v) is 5.48. The highest BCUT2D eigenvalue weighted by Crippen LogP contribution is 2.19. The number of carbonyl (C=O) groups is 1. The molecule has 1 N–H and O–H groups in total. The first-order chi connectivity index (χ1) is 6.37. The molecule has 0 aromatic rings. The van der Waals surface area contributed by atoms with Crippen molar-refractivity contribution in [3.63, 3.8) is 0 Å². The van der Waals surface area contributed by atoms with Gasteiger partial charge < -0.3 is 10.2 Å². The summed E-state index contributed by atoms with van der Waals surface area (Å²) in [6.45, 7) is 11.6. The van der Waals surface area contributed by atoms with E-state index in [1.165, 1.54) is 0 Å². The molecule has 0 aromatic heterocycles. The van der Waals surface area contributed by atoms with Gasteiger partial charge in [-0.3, -0.25) is 4.79 Å². The van der Waals surface area contributed by atoms with Crippen LogP contribution in [0, 0.1) is 5.41 Å². The van der Waals surface area contributed by atoms with Gasteiger partial charge in [-0.25, -0.2) is 0 Å². The number of hydrogen-bond donors (Lipinski definition) is 1. The van der Waals surface area contributed by atoms with E-state index < -0.39 is 0 Å². The van der Waals surface area contributed by atoms with Crippen LogP contribution in [0.1, 0.15) is 34.1 Å². The summed E-state index contributed by atoms with van der Waals surface area (Å²) in [6.07, 6.45) is 1.09. The van der Waals surface area contributed by atoms with Gasteiger partial charge in [0.15, 0.2) is 0 Å². The predicted molar refractivity (Wildman–Crippen MR) is 58.1 cm³/mol. The smallest absolute Gasteiger partial charge is 0.217 e. The van der Waals surface area contributed by atoms with Gasteiger partial charge in [0, 0.05) is 32.6 Å². The lowest BCUT2D eigenvalue weighted by Gasteiger charge is -2.26. The standard InChI is InChI=1S/C11H22N2O/c1-9(14)12-10-5-6-13(7-10)8-11(2,3)4/h10H,5-8H2,1-4H3,(H,12,14)/t10-/m1/s1. The van der Waals surface area contributed by atoms with Crippen molar-refractivity contribution in [2.45, 2.75) is 40.2 Å². The van der Waals surface area contributed by atoms with Crippen molar-refractivity contribution in [3.05, 3.63) is 0 Å². The fraction of sp³-hybridized carbons (Fsp3) is 0.909. The summed E-state index contributed by atoms with van der Waals surface area (Å²) in [5, 5.41) is 2.98. The fourth-order valence-electron chi connectivity index (χ4n) is 2.05. The van der Waals surface area contributed by atoms with E-state index >= 15 is 0 Å². The van der Waals surface area contributed by atoms with Crippen LogP contribution < -0.4 is 5.32 Å². The summed E-state index contributed by atoms with van der Waals surface area (Å²) in [6, 6.07) is 0.370. The van der Waals surface area contributed by atoms with Crippen LogP contribution in [0.3, 0.4) is 0 Å². The summed E-state index contributed by atoms with van der Waals surface area (Å²) >= 11 is 0. The number of nitrogens with one attached hydrogen (secondary N) is 1. The van der Waals surface area contributed by atoms with Crippen LogP contribution in [0.15, 0.2) is 0 Å². The number of amides is 1. The molecule has 1 aliphatic heterocycles. The summed E-state index contributed by atoms with van der Waals surface area (Å²) in [4.78, 5) is 13.3. The van der Waals surface area contributed by atoms with Gasteiger partial charge in [-0.05, 0) is 11.8 Å². The summed E-state index contributed by atoms with van der Waals surface area (Å²) in [5.41, 5.74) is 0.352. The zero-order valence-electron chi connectivity index (χ0n) is 9.76. The highest BCUT2D eigenvalue weighted by molar-refractivity contribution is 5.73. The lowest BCUT2D eigenvalue weighted by molar-refractivity contribution is -0.119. The van der Waals surface area contributed by atoms with Crippen molar-refractivity contribution in [3.8, 4) is 0 Å². The molecule has 14 heavy (non-hydrogen) atoms. The van der Waals surface area contributed by atoms with Gasteiger partial charge in [0.05, 0.1) is 0 Å². The van der Waals surface area contributed by atoms with Crippen molar-refractivity contribution in [2.24, 2.45) is 5.41 Å². The number of nitrogens with zero attached hydrogens (tertiary/aromatic N) is 1. The van der Waals surface area contributed by atoms with Gasteiger partial charge in [0.1, 0.15) is 0 Å². The van der Waals surface area contributed by atoms with Crippen molar-refractivity contribution in [2.75, 3.05) is 19.6 Å². The number of hydrogen-bond acceptors (Lipinski definition) is 2. The average Bonchev–Trinajstić information content (AvgIpc) is 2.30. The first-order valence-corrected chi connectivity index (χ1v) is 5.36. The van der Waals surface area contributed by atoms with E-state index in [-0.39, 0.29) is 5.91 Å². The Morgan fingerprint density at radius 2 is 2.14 bits per heavy atom. The van der Waals surface area contributed by atoms with Gasteiger partial charge in [0.2, 0.25) is 5.91 Å². The summed E-state index contributed by atoms with van der Waals surface area (Å²) < 4.78 is 0. The van der Waals surface area contributed by atoms with E-state index in [9.17, 15) is 4.79 Å². The minimum absolute atomic E-state index is 0.0904. The Balaban J connectivity index is 2.31. The second kappa shape index (κ2) is 4.30. The van der Waals surface area contributed by atoms with Gasteiger partial charge in [-0.15, -0.1) is 0 Å². The van der Waals surface area contributed by atoms with Crippen LogP contribution in [0.2, 0.25) is 0 Å². The van der Waals surface area contributed by atoms with Crippen molar-refractivity contribution in [1.29, 1.82) is 0 Å². The van der Waals surface area contributed by atoms with E-state index in [1.807, 2.05) is 0 Å². The van der Waals surface area contributed by atoms with E-state index in [1.54, 1.807) is 6.92 Å². The Bertz CT molecular complexity index is 208. The van der Waals surface area contributed by atoms with E-state index in [0.717, 1.165) is 26.1 Å². The Hall–Kier alpha value is -0.570. The molecular weight excluding hydrogens is 176 g/mol. The zero-order chi connectivity index (χ0) is 10.8. The summed E-state index contributed by atoms with van der Waals surface area (Å²) in [7, 11) is 0. The maximum atomic E-state index is 10.9. The van der Waals surface area contributed by atoms with Crippen LogP contribution >= 0.6 is 0 Å². The fourth-order valence-corrected chi connectivity index (χ4v) is 2.05. The van der Waals surface area contributed by atoms with Gasteiger partial charge in [0.25, 0.3) is 0 Å². The average molecular weight is 198 g/mol. The first-order valence-electron chi connectivity index (χ1n) is 5.36. The predicted octanol–water partition coefficient (Wildman–Crippen LogP) is 1.24. The van der Waals surface area contributed by atoms with Gasteiger partial charge in [-0.2, -0.15) is 0 Å². The second-order valence-electron chi connectivity index (χ2n) is 5.48. The molecule has 1 heterocycles. The van der Waals surface area contributed by atoms with Gasteiger partial charge >= 0.3 is 0 Å².